The van der Waals surface area contributed by atoms with Gasteiger partial charge in [-0.05, 0) is 19.1 Å². The third kappa shape index (κ3) is 6.34. The van der Waals surface area contributed by atoms with E-state index in [9.17, 15) is 27.6 Å². The van der Waals surface area contributed by atoms with Gasteiger partial charge in [0.05, 0.1) is 24.3 Å². The summed E-state index contributed by atoms with van der Waals surface area (Å²) in [6, 6.07) is 4.49. The van der Waals surface area contributed by atoms with Gasteiger partial charge in [0.25, 0.3) is 5.91 Å². The first-order valence-electron chi connectivity index (χ1n) is 7.93. The summed E-state index contributed by atoms with van der Waals surface area (Å²) in [5.74, 6) is -1.58. The minimum Gasteiger partial charge on any atom is -0.455 e. The summed E-state index contributed by atoms with van der Waals surface area (Å²) in [4.78, 5) is 38.4. The number of nitrogens with one attached hydrogen (secondary N) is 1. The van der Waals surface area contributed by atoms with Crippen molar-refractivity contribution >= 4 is 29.3 Å². The van der Waals surface area contributed by atoms with Crippen molar-refractivity contribution in [3.05, 3.63) is 40.9 Å². The van der Waals surface area contributed by atoms with Crippen LogP contribution in [0, 0.1) is 0 Å². The second-order valence-electron chi connectivity index (χ2n) is 5.33. The lowest BCUT2D eigenvalue weighted by molar-refractivity contribution is -0.147. The van der Waals surface area contributed by atoms with E-state index >= 15 is 0 Å². The molecule has 0 saturated carbocycles. The molecule has 7 nitrogen and oxygen atoms in total. The lowest BCUT2D eigenvalue weighted by atomic mass is 10.1. The van der Waals surface area contributed by atoms with Crippen LogP contribution in [0.25, 0.3) is 10.6 Å². The zero-order chi connectivity index (χ0) is 20.7. The van der Waals surface area contributed by atoms with Crippen molar-refractivity contribution in [3.63, 3.8) is 0 Å². The van der Waals surface area contributed by atoms with Gasteiger partial charge in [0.1, 0.15) is 5.01 Å². The molecule has 11 heteroatoms. The van der Waals surface area contributed by atoms with Crippen LogP contribution >= 0.6 is 11.3 Å². The molecule has 28 heavy (non-hydrogen) atoms. The quantitative estimate of drug-likeness (QED) is 0.727. The number of carbonyl (C=O) groups is 3. The van der Waals surface area contributed by atoms with E-state index < -0.39 is 36.3 Å². The predicted octanol–water partition coefficient (Wildman–Crippen LogP) is 3.19. The van der Waals surface area contributed by atoms with Crippen molar-refractivity contribution in [3.8, 4) is 10.6 Å². The van der Waals surface area contributed by atoms with E-state index in [4.69, 9.17) is 4.74 Å². The van der Waals surface area contributed by atoms with Crippen molar-refractivity contribution < 1.29 is 37.0 Å². The summed E-state index contributed by atoms with van der Waals surface area (Å²) in [5, 5.41) is 3.87. The van der Waals surface area contributed by atoms with Crippen LogP contribution in [0.5, 0.6) is 0 Å². The molecule has 0 aliphatic heterocycles. The zero-order valence-corrected chi connectivity index (χ0v) is 15.4. The number of amides is 2. The molecule has 0 atom stereocenters. The molecule has 0 spiro atoms. The van der Waals surface area contributed by atoms with E-state index in [-0.39, 0.29) is 13.0 Å². The van der Waals surface area contributed by atoms with E-state index in [0.29, 0.717) is 16.3 Å². The molecule has 1 N–H and O–H groups in total. The Morgan fingerprint density at radius 2 is 1.82 bits per heavy atom. The number of alkyl halides is 3. The van der Waals surface area contributed by atoms with Crippen LogP contribution < -0.4 is 5.32 Å². The molecule has 0 fully saturated rings. The number of ether oxygens (including phenoxy) is 2. The number of carbonyl (C=O) groups excluding carboxylic acids is 3. The van der Waals surface area contributed by atoms with E-state index in [1.54, 1.807) is 12.3 Å². The summed E-state index contributed by atoms with van der Waals surface area (Å²) in [6.07, 6.45) is -5.59. The highest BCUT2D eigenvalue weighted by atomic mass is 32.1. The molecule has 1 heterocycles. The average Bonchev–Trinajstić information content (AvgIpc) is 3.08. The maximum atomic E-state index is 12.6. The number of hydrogen-bond donors (Lipinski definition) is 1. The van der Waals surface area contributed by atoms with Gasteiger partial charge in [-0.3, -0.25) is 14.9 Å². The number of nitrogens with zero attached hydrogens (tertiary/aromatic N) is 1. The van der Waals surface area contributed by atoms with Crippen LogP contribution in [0.3, 0.4) is 0 Å². The molecular weight excluding hydrogens is 401 g/mol. The topological polar surface area (TPSA) is 94.6 Å². The molecule has 0 saturated heterocycles. The molecule has 1 aromatic carbocycles. The van der Waals surface area contributed by atoms with Crippen LogP contribution in [-0.2, 0) is 31.7 Å². The van der Waals surface area contributed by atoms with Crippen molar-refractivity contribution in [1.29, 1.82) is 0 Å². The second kappa shape index (κ2) is 9.31. The Morgan fingerprint density at radius 3 is 2.43 bits per heavy atom. The first-order valence-corrected chi connectivity index (χ1v) is 8.81. The highest BCUT2D eigenvalue weighted by molar-refractivity contribution is 7.13. The molecule has 0 unspecified atom stereocenters. The first-order chi connectivity index (χ1) is 13.2. The maximum Gasteiger partial charge on any atom is 0.416 e. The van der Waals surface area contributed by atoms with E-state index in [2.05, 4.69) is 9.72 Å². The molecule has 2 amide bonds. The van der Waals surface area contributed by atoms with Gasteiger partial charge in [-0.1, -0.05) is 12.1 Å². The van der Waals surface area contributed by atoms with Crippen LogP contribution in [0.1, 0.15) is 18.2 Å². The zero-order valence-electron chi connectivity index (χ0n) is 14.5. The molecule has 1 aromatic heterocycles. The van der Waals surface area contributed by atoms with Crippen molar-refractivity contribution in [1.82, 2.24) is 10.3 Å². The average molecular weight is 416 g/mol. The highest BCUT2D eigenvalue weighted by Crippen LogP contribution is 2.31. The van der Waals surface area contributed by atoms with E-state index in [0.717, 1.165) is 23.5 Å². The number of benzene rings is 1. The van der Waals surface area contributed by atoms with Crippen molar-refractivity contribution in [2.24, 2.45) is 0 Å². The first kappa shape index (κ1) is 21.4. The Hall–Kier alpha value is -2.95. The smallest absolute Gasteiger partial charge is 0.416 e. The Bertz CT molecular complexity index is 849. The highest BCUT2D eigenvalue weighted by Gasteiger charge is 2.30. The van der Waals surface area contributed by atoms with Gasteiger partial charge >= 0.3 is 18.2 Å². The summed E-state index contributed by atoms with van der Waals surface area (Å²) >= 11 is 1.16. The van der Waals surface area contributed by atoms with Crippen LogP contribution in [0.2, 0.25) is 0 Å². The van der Waals surface area contributed by atoms with Gasteiger partial charge in [0.2, 0.25) is 0 Å². The number of esters is 1. The lowest BCUT2D eigenvalue weighted by Crippen LogP contribution is -2.34. The molecule has 0 aliphatic rings. The SMILES string of the molecule is CCOC(=O)NC(=O)COC(=O)Cc1csc(-c2ccc(C(F)(F)F)cc2)n1. The minimum absolute atomic E-state index is 0.0873. The van der Waals surface area contributed by atoms with Crippen LogP contribution in [-0.4, -0.2) is 36.2 Å². The third-order valence-corrected chi connectivity index (χ3v) is 4.16. The number of rotatable bonds is 6. The monoisotopic (exact) mass is 416 g/mol. The van der Waals surface area contributed by atoms with Crippen molar-refractivity contribution in [2.45, 2.75) is 19.5 Å². The summed E-state index contributed by atoms with van der Waals surface area (Å²) in [7, 11) is 0. The Kier molecular flexibility index (Phi) is 7.10. The minimum atomic E-state index is -4.42. The largest absolute Gasteiger partial charge is 0.455 e. The number of aromatic nitrogens is 1. The summed E-state index contributed by atoms with van der Waals surface area (Å²) in [5.41, 5.74) is 0.0554. The van der Waals surface area contributed by atoms with E-state index in [1.165, 1.54) is 12.1 Å². The van der Waals surface area contributed by atoms with Gasteiger partial charge in [-0.2, -0.15) is 13.2 Å². The number of imide groups is 1. The fourth-order valence-electron chi connectivity index (χ4n) is 1.98. The Morgan fingerprint density at radius 1 is 1.14 bits per heavy atom. The summed E-state index contributed by atoms with van der Waals surface area (Å²) < 4.78 is 47.0. The van der Waals surface area contributed by atoms with E-state index in [1.807, 2.05) is 5.32 Å². The van der Waals surface area contributed by atoms with Crippen molar-refractivity contribution in [2.75, 3.05) is 13.2 Å². The van der Waals surface area contributed by atoms with Crippen LogP contribution in [0.15, 0.2) is 29.6 Å². The number of alkyl carbamates (subject to hydrolysis) is 1. The Labute approximate surface area is 161 Å². The fourth-order valence-corrected chi connectivity index (χ4v) is 2.81. The maximum absolute atomic E-state index is 12.6. The third-order valence-electron chi connectivity index (χ3n) is 3.22. The molecule has 0 bridgehead atoms. The molecule has 150 valence electrons. The molecule has 0 aliphatic carbocycles. The summed E-state index contributed by atoms with van der Waals surface area (Å²) in [6.45, 7) is 0.994. The number of halogens is 3. The van der Waals surface area contributed by atoms with Gasteiger partial charge in [0, 0.05) is 10.9 Å². The normalized spacial score (nSPS) is 11.0. The second-order valence-corrected chi connectivity index (χ2v) is 6.18. The van der Waals surface area contributed by atoms with Crippen LogP contribution in [0.4, 0.5) is 18.0 Å². The standard InChI is InChI=1S/C17H15F3N2O5S/c1-2-26-16(25)22-13(23)8-27-14(24)7-12-9-28-15(21-12)10-3-5-11(6-4-10)17(18,19)20/h3-6,9H,2,7-8H2,1H3,(H,22,23,25). The van der Waals surface area contributed by atoms with Gasteiger partial charge in [-0.15, -0.1) is 11.3 Å². The molecular formula is C17H15F3N2O5S. The van der Waals surface area contributed by atoms with Gasteiger partial charge in [-0.25, -0.2) is 9.78 Å². The number of hydrogen-bond acceptors (Lipinski definition) is 7. The Balaban J connectivity index is 1.87. The fraction of sp³-hybridized carbons (Fsp3) is 0.294. The van der Waals surface area contributed by atoms with Gasteiger partial charge in [0.15, 0.2) is 6.61 Å². The molecule has 2 rings (SSSR count). The lowest BCUT2D eigenvalue weighted by Gasteiger charge is -2.06. The molecule has 0 radical (unpaired) electrons. The molecule has 2 aromatic rings. The van der Waals surface area contributed by atoms with Gasteiger partial charge < -0.3 is 9.47 Å². The predicted molar refractivity (Wildman–Crippen MR) is 92.4 cm³/mol. The number of thiazole rings is 1.